The standard InChI is InChI=1S/C14H18N2O4S/c1-10-8-12-9-11(4-5-13(12)20-10)14(17)15-6-7-21(18,19)16(2)3/h4-5,8-9H,6-7H2,1-3H3,(H,15,17). The number of amides is 1. The zero-order chi connectivity index (χ0) is 15.6. The SMILES string of the molecule is Cc1cc2cc(C(=O)NCCS(=O)(=O)N(C)C)ccc2o1. The van der Waals surface area contributed by atoms with Gasteiger partial charge in [-0.25, -0.2) is 12.7 Å². The number of fused-ring (bicyclic) bond motifs is 1. The number of nitrogens with one attached hydrogen (secondary N) is 1. The molecule has 0 saturated heterocycles. The number of hydrogen-bond acceptors (Lipinski definition) is 4. The van der Waals surface area contributed by atoms with Crippen LogP contribution in [0.3, 0.4) is 0 Å². The molecule has 1 aromatic heterocycles. The van der Waals surface area contributed by atoms with Crippen LogP contribution < -0.4 is 5.32 Å². The van der Waals surface area contributed by atoms with Gasteiger partial charge in [0.1, 0.15) is 11.3 Å². The summed E-state index contributed by atoms with van der Waals surface area (Å²) in [6.07, 6.45) is 0. The predicted octanol–water partition coefficient (Wildman–Crippen LogP) is 1.36. The molecule has 0 bridgehead atoms. The van der Waals surface area contributed by atoms with E-state index in [0.717, 1.165) is 21.0 Å². The summed E-state index contributed by atoms with van der Waals surface area (Å²) >= 11 is 0. The Bertz CT molecular complexity index is 762. The first kappa shape index (κ1) is 15.5. The third-order valence-corrected chi connectivity index (χ3v) is 4.94. The molecule has 0 unspecified atom stereocenters. The molecule has 0 aliphatic heterocycles. The first-order valence-electron chi connectivity index (χ1n) is 6.48. The molecule has 2 aromatic rings. The van der Waals surface area contributed by atoms with Gasteiger partial charge in [-0.2, -0.15) is 0 Å². The molecule has 0 aliphatic rings. The van der Waals surface area contributed by atoms with Crippen molar-refractivity contribution in [2.45, 2.75) is 6.92 Å². The van der Waals surface area contributed by atoms with Crippen molar-refractivity contribution in [2.24, 2.45) is 0 Å². The van der Waals surface area contributed by atoms with E-state index in [-0.39, 0.29) is 18.2 Å². The van der Waals surface area contributed by atoms with E-state index < -0.39 is 10.0 Å². The predicted molar refractivity (Wildman–Crippen MR) is 80.8 cm³/mol. The summed E-state index contributed by atoms with van der Waals surface area (Å²) in [7, 11) is -0.375. The smallest absolute Gasteiger partial charge is 0.251 e. The van der Waals surface area contributed by atoms with Crippen molar-refractivity contribution in [3.63, 3.8) is 0 Å². The van der Waals surface area contributed by atoms with Gasteiger partial charge < -0.3 is 9.73 Å². The van der Waals surface area contributed by atoms with Crippen LogP contribution >= 0.6 is 0 Å². The van der Waals surface area contributed by atoms with Crippen LogP contribution in [0.15, 0.2) is 28.7 Å². The monoisotopic (exact) mass is 310 g/mol. The Labute approximate surface area is 123 Å². The minimum absolute atomic E-state index is 0.0712. The van der Waals surface area contributed by atoms with Crippen molar-refractivity contribution in [1.29, 1.82) is 0 Å². The molecule has 2 rings (SSSR count). The molecular formula is C14H18N2O4S. The van der Waals surface area contributed by atoms with Crippen LogP contribution in [0.5, 0.6) is 0 Å². The second-order valence-electron chi connectivity index (χ2n) is 4.96. The Kier molecular flexibility index (Phi) is 4.34. The van der Waals surface area contributed by atoms with Crippen LogP contribution in [-0.4, -0.2) is 45.0 Å². The summed E-state index contributed by atoms with van der Waals surface area (Å²) < 4.78 is 29.8. The van der Waals surface area contributed by atoms with Gasteiger partial charge in [0.15, 0.2) is 0 Å². The maximum atomic E-state index is 12.0. The molecule has 0 aliphatic carbocycles. The fraction of sp³-hybridized carbons (Fsp3) is 0.357. The van der Waals surface area contributed by atoms with Gasteiger partial charge in [0, 0.05) is 31.6 Å². The lowest BCUT2D eigenvalue weighted by Gasteiger charge is -2.11. The van der Waals surface area contributed by atoms with Crippen molar-refractivity contribution in [3.05, 3.63) is 35.6 Å². The second kappa shape index (κ2) is 5.87. The molecule has 1 N–H and O–H groups in total. The highest BCUT2D eigenvalue weighted by Crippen LogP contribution is 2.20. The molecule has 0 saturated carbocycles. The van der Waals surface area contributed by atoms with Crippen LogP contribution in [0.1, 0.15) is 16.1 Å². The number of carbonyl (C=O) groups is 1. The quantitative estimate of drug-likeness (QED) is 0.904. The van der Waals surface area contributed by atoms with Gasteiger partial charge in [-0.1, -0.05) is 0 Å². The normalized spacial score (nSPS) is 12.0. The molecule has 7 heteroatoms. The van der Waals surface area contributed by atoms with Crippen molar-refractivity contribution in [3.8, 4) is 0 Å². The Morgan fingerprint density at radius 3 is 2.67 bits per heavy atom. The van der Waals surface area contributed by atoms with E-state index >= 15 is 0 Å². The Balaban J connectivity index is 2.02. The lowest BCUT2D eigenvalue weighted by atomic mass is 10.1. The zero-order valence-corrected chi connectivity index (χ0v) is 13.0. The highest BCUT2D eigenvalue weighted by atomic mass is 32.2. The van der Waals surface area contributed by atoms with Crippen molar-refractivity contribution < 1.29 is 17.6 Å². The molecule has 0 fully saturated rings. The minimum Gasteiger partial charge on any atom is -0.461 e. The summed E-state index contributed by atoms with van der Waals surface area (Å²) in [4.78, 5) is 12.0. The lowest BCUT2D eigenvalue weighted by molar-refractivity contribution is 0.0956. The average Bonchev–Trinajstić information content (AvgIpc) is 2.77. The molecule has 1 aromatic carbocycles. The number of aryl methyl sites for hydroxylation is 1. The van der Waals surface area contributed by atoms with E-state index in [0.29, 0.717) is 5.56 Å². The summed E-state index contributed by atoms with van der Waals surface area (Å²) in [6.45, 7) is 1.91. The van der Waals surface area contributed by atoms with Gasteiger partial charge >= 0.3 is 0 Å². The van der Waals surface area contributed by atoms with Gasteiger partial charge in [0.25, 0.3) is 5.91 Å². The molecule has 0 atom stereocenters. The van der Waals surface area contributed by atoms with E-state index in [4.69, 9.17) is 4.42 Å². The van der Waals surface area contributed by atoms with Gasteiger partial charge in [0.05, 0.1) is 5.75 Å². The lowest BCUT2D eigenvalue weighted by Crippen LogP contribution is -2.33. The van der Waals surface area contributed by atoms with Crippen LogP contribution in [0, 0.1) is 6.92 Å². The number of rotatable bonds is 5. The molecular weight excluding hydrogens is 292 g/mol. The number of hydrogen-bond donors (Lipinski definition) is 1. The summed E-state index contributed by atoms with van der Waals surface area (Å²) in [5.74, 6) is 0.350. The van der Waals surface area contributed by atoms with E-state index in [1.165, 1.54) is 14.1 Å². The molecule has 114 valence electrons. The molecule has 0 spiro atoms. The zero-order valence-electron chi connectivity index (χ0n) is 12.2. The largest absolute Gasteiger partial charge is 0.461 e. The second-order valence-corrected chi connectivity index (χ2v) is 7.27. The third-order valence-electron chi connectivity index (χ3n) is 3.10. The highest BCUT2D eigenvalue weighted by molar-refractivity contribution is 7.89. The van der Waals surface area contributed by atoms with E-state index in [1.807, 2.05) is 13.0 Å². The van der Waals surface area contributed by atoms with Gasteiger partial charge in [0.2, 0.25) is 10.0 Å². The number of furan rings is 1. The summed E-state index contributed by atoms with van der Waals surface area (Å²) in [6, 6.07) is 6.96. The van der Waals surface area contributed by atoms with Crippen molar-refractivity contribution in [2.75, 3.05) is 26.4 Å². The number of benzene rings is 1. The van der Waals surface area contributed by atoms with Crippen molar-refractivity contribution >= 4 is 26.9 Å². The average molecular weight is 310 g/mol. The first-order valence-corrected chi connectivity index (χ1v) is 8.09. The number of nitrogens with zero attached hydrogens (tertiary/aromatic N) is 1. The van der Waals surface area contributed by atoms with E-state index in [1.54, 1.807) is 18.2 Å². The summed E-state index contributed by atoms with van der Waals surface area (Å²) in [5, 5.41) is 3.45. The van der Waals surface area contributed by atoms with Crippen molar-refractivity contribution in [1.82, 2.24) is 9.62 Å². The Morgan fingerprint density at radius 1 is 1.29 bits per heavy atom. The van der Waals surface area contributed by atoms with E-state index in [2.05, 4.69) is 5.32 Å². The fourth-order valence-electron chi connectivity index (χ4n) is 1.90. The first-order chi connectivity index (χ1) is 9.79. The maximum Gasteiger partial charge on any atom is 0.251 e. The summed E-state index contributed by atoms with van der Waals surface area (Å²) in [5.41, 5.74) is 1.20. The van der Waals surface area contributed by atoms with Crippen LogP contribution in [0.4, 0.5) is 0 Å². The van der Waals surface area contributed by atoms with Gasteiger partial charge in [-0.3, -0.25) is 4.79 Å². The topological polar surface area (TPSA) is 79.6 Å². The van der Waals surface area contributed by atoms with E-state index in [9.17, 15) is 13.2 Å². The molecule has 21 heavy (non-hydrogen) atoms. The van der Waals surface area contributed by atoms with Gasteiger partial charge in [-0.05, 0) is 31.2 Å². The minimum atomic E-state index is -3.30. The van der Waals surface area contributed by atoms with Crippen LogP contribution in [0.25, 0.3) is 11.0 Å². The highest BCUT2D eigenvalue weighted by Gasteiger charge is 2.14. The number of carbonyl (C=O) groups excluding carboxylic acids is 1. The van der Waals surface area contributed by atoms with Crippen LogP contribution in [0.2, 0.25) is 0 Å². The molecule has 0 radical (unpaired) electrons. The Morgan fingerprint density at radius 2 is 2.00 bits per heavy atom. The molecule has 1 amide bonds. The fourth-order valence-corrected chi connectivity index (χ4v) is 2.62. The maximum absolute atomic E-state index is 12.0. The third kappa shape index (κ3) is 3.62. The van der Waals surface area contributed by atoms with Crippen LogP contribution in [-0.2, 0) is 10.0 Å². The van der Waals surface area contributed by atoms with Gasteiger partial charge in [-0.15, -0.1) is 0 Å². The molecule has 6 nitrogen and oxygen atoms in total. The Hall–Kier alpha value is -1.86. The number of sulfonamides is 1. The molecule has 1 heterocycles.